The van der Waals surface area contributed by atoms with Gasteiger partial charge in [0.25, 0.3) is 9.05 Å². The number of hydrogen-bond acceptors (Lipinski definition) is 6. The van der Waals surface area contributed by atoms with Gasteiger partial charge in [0.2, 0.25) is 10.0 Å². The van der Waals surface area contributed by atoms with Crippen LogP contribution in [0.5, 0.6) is 0 Å². The van der Waals surface area contributed by atoms with Crippen LogP contribution in [0.4, 0.5) is 0 Å². The van der Waals surface area contributed by atoms with Gasteiger partial charge < -0.3 is 4.74 Å². The van der Waals surface area contributed by atoms with Crippen LogP contribution in [-0.4, -0.2) is 35.3 Å². The van der Waals surface area contributed by atoms with E-state index < -0.39 is 25.1 Å². The number of sulfonamides is 1. The Morgan fingerprint density at radius 2 is 1.86 bits per heavy atom. The molecule has 1 aromatic rings. The summed E-state index contributed by atoms with van der Waals surface area (Å²) in [6, 6.07) is 2.36. The molecule has 0 amide bonds. The predicted octanol–water partition coefficient (Wildman–Crippen LogP) is 2.08. The fourth-order valence-electron chi connectivity index (χ4n) is 1.48. The molecule has 0 aliphatic carbocycles. The minimum absolute atomic E-state index is 0.00615. The molecule has 1 rings (SSSR count). The maximum absolute atomic E-state index is 11.9. The van der Waals surface area contributed by atoms with Gasteiger partial charge in [-0.1, -0.05) is 0 Å². The van der Waals surface area contributed by atoms with E-state index in [4.69, 9.17) is 15.4 Å². The first-order valence-corrected chi connectivity index (χ1v) is 10.9. The summed E-state index contributed by atoms with van der Waals surface area (Å²) in [5, 5.41) is 0. The summed E-state index contributed by atoms with van der Waals surface area (Å²) >= 11 is 0.939. The minimum atomic E-state index is -3.79. The molecule has 1 atom stereocenters. The van der Waals surface area contributed by atoms with E-state index in [2.05, 4.69) is 4.72 Å². The van der Waals surface area contributed by atoms with Crippen molar-refractivity contribution in [2.45, 2.75) is 37.1 Å². The highest BCUT2D eigenvalue weighted by molar-refractivity contribution is 8.15. The molecule has 6 nitrogen and oxygen atoms in total. The van der Waals surface area contributed by atoms with Gasteiger partial charge >= 0.3 is 0 Å². The number of nitrogens with one attached hydrogen (secondary N) is 1. The van der Waals surface area contributed by atoms with Crippen molar-refractivity contribution in [1.82, 2.24) is 4.72 Å². The molecule has 0 aliphatic rings. The standard InChI is InChI=1S/C11H18ClNO5S3/c1-8(2)18-6-7-20(14,15)13-9(3)10-4-5-11(19-10)21(12,16)17/h4-5,8-9,13H,6-7H2,1-3H3. The van der Waals surface area contributed by atoms with Gasteiger partial charge in [0.1, 0.15) is 4.21 Å². The zero-order valence-electron chi connectivity index (χ0n) is 11.9. The SMILES string of the molecule is CC(C)OCCS(=O)(=O)NC(C)c1ccc(S(=O)(=O)Cl)s1. The maximum Gasteiger partial charge on any atom is 0.270 e. The Bertz CT molecular complexity index is 666. The molecule has 1 aromatic heterocycles. The van der Waals surface area contributed by atoms with Crippen molar-refractivity contribution in [2.75, 3.05) is 12.4 Å². The highest BCUT2D eigenvalue weighted by Crippen LogP contribution is 2.29. The van der Waals surface area contributed by atoms with E-state index in [-0.39, 0.29) is 22.7 Å². The second-order valence-corrected chi connectivity index (χ2v) is 10.5. The summed E-state index contributed by atoms with van der Waals surface area (Å²) in [5.74, 6) is -0.151. The third-order valence-electron chi connectivity index (χ3n) is 2.43. The van der Waals surface area contributed by atoms with E-state index in [1.807, 2.05) is 13.8 Å². The lowest BCUT2D eigenvalue weighted by atomic mass is 10.3. The number of rotatable bonds is 8. The highest BCUT2D eigenvalue weighted by atomic mass is 35.7. The lowest BCUT2D eigenvalue weighted by molar-refractivity contribution is 0.0911. The molecule has 122 valence electrons. The van der Waals surface area contributed by atoms with Gasteiger partial charge in [0, 0.05) is 15.6 Å². The van der Waals surface area contributed by atoms with Crippen LogP contribution in [0.3, 0.4) is 0 Å². The first kappa shape index (κ1) is 18.9. The molecule has 0 bridgehead atoms. The fraction of sp³-hybridized carbons (Fsp3) is 0.636. The van der Waals surface area contributed by atoms with Crippen LogP contribution in [0.15, 0.2) is 16.3 Å². The van der Waals surface area contributed by atoms with Crippen molar-refractivity contribution >= 4 is 41.1 Å². The second kappa shape index (κ2) is 7.38. The molecule has 0 aromatic carbocycles. The zero-order chi connectivity index (χ0) is 16.3. The Morgan fingerprint density at radius 1 is 1.24 bits per heavy atom. The second-order valence-electron chi connectivity index (χ2n) is 4.67. The predicted molar refractivity (Wildman–Crippen MR) is 83.8 cm³/mol. The lowest BCUT2D eigenvalue weighted by Crippen LogP contribution is -2.30. The van der Waals surface area contributed by atoms with E-state index in [0.717, 1.165) is 11.3 Å². The molecule has 0 saturated carbocycles. The molecular weight excluding hydrogens is 358 g/mol. The van der Waals surface area contributed by atoms with Crippen LogP contribution in [0.25, 0.3) is 0 Å². The van der Waals surface area contributed by atoms with Gasteiger partial charge in [-0.3, -0.25) is 0 Å². The van der Waals surface area contributed by atoms with Gasteiger partial charge in [-0.15, -0.1) is 11.3 Å². The van der Waals surface area contributed by atoms with Crippen LogP contribution in [-0.2, 0) is 23.8 Å². The Labute approximate surface area is 133 Å². The molecular formula is C11H18ClNO5S3. The van der Waals surface area contributed by atoms with Crippen molar-refractivity contribution in [1.29, 1.82) is 0 Å². The summed E-state index contributed by atoms with van der Waals surface area (Å²) in [5.41, 5.74) is 0. The summed E-state index contributed by atoms with van der Waals surface area (Å²) in [7, 11) is -2.06. The largest absolute Gasteiger partial charge is 0.378 e. The maximum atomic E-state index is 11.9. The van der Waals surface area contributed by atoms with Crippen LogP contribution in [0, 0.1) is 0 Å². The minimum Gasteiger partial charge on any atom is -0.378 e. The van der Waals surface area contributed by atoms with Crippen LogP contribution < -0.4 is 4.72 Å². The third kappa shape index (κ3) is 6.62. The quantitative estimate of drug-likeness (QED) is 0.702. The molecule has 10 heteroatoms. The van der Waals surface area contributed by atoms with Gasteiger partial charge in [0.15, 0.2) is 0 Å². The number of thiophene rings is 1. The normalized spacial score (nSPS) is 14.5. The van der Waals surface area contributed by atoms with Crippen LogP contribution >= 0.6 is 22.0 Å². The third-order valence-corrected chi connectivity index (χ3v) is 7.21. The average molecular weight is 376 g/mol. The lowest BCUT2D eigenvalue weighted by Gasteiger charge is -2.13. The first-order valence-electron chi connectivity index (χ1n) is 6.17. The van der Waals surface area contributed by atoms with E-state index in [0.29, 0.717) is 4.88 Å². The van der Waals surface area contributed by atoms with Gasteiger partial charge in [-0.05, 0) is 32.9 Å². The zero-order valence-corrected chi connectivity index (χ0v) is 15.1. The van der Waals surface area contributed by atoms with Crippen LogP contribution in [0.1, 0.15) is 31.7 Å². The first-order chi connectivity index (χ1) is 9.51. The summed E-state index contributed by atoms with van der Waals surface area (Å²) in [6.07, 6.45) is -0.0357. The van der Waals surface area contributed by atoms with Gasteiger partial charge in [-0.25, -0.2) is 21.6 Å². The monoisotopic (exact) mass is 375 g/mol. The Balaban J connectivity index is 2.68. The summed E-state index contributed by atoms with van der Waals surface area (Å²) < 4.78 is 53.8. The topological polar surface area (TPSA) is 89.5 Å². The smallest absolute Gasteiger partial charge is 0.270 e. The fourth-order valence-corrected chi connectivity index (χ4v) is 4.75. The molecule has 0 aliphatic heterocycles. The Hall–Kier alpha value is -0.190. The molecule has 0 saturated heterocycles. The molecule has 21 heavy (non-hydrogen) atoms. The van der Waals surface area contributed by atoms with Gasteiger partial charge in [-0.2, -0.15) is 0 Å². The highest BCUT2D eigenvalue weighted by Gasteiger charge is 2.20. The van der Waals surface area contributed by atoms with Crippen LogP contribution in [0.2, 0.25) is 0 Å². The summed E-state index contributed by atoms with van der Waals surface area (Å²) in [6.45, 7) is 5.38. The van der Waals surface area contributed by atoms with Crippen molar-refractivity contribution in [3.05, 3.63) is 17.0 Å². The Kier molecular flexibility index (Phi) is 6.63. The van der Waals surface area contributed by atoms with Crippen molar-refractivity contribution < 1.29 is 21.6 Å². The number of hydrogen-bond donors (Lipinski definition) is 1. The number of ether oxygens (including phenoxy) is 1. The van der Waals surface area contributed by atoms with E-state index in [9.17, 15) is 16.8 Å². The average Bonchev–Trinajstić information content (AvgIpc) is 2.75. The van der Waals surface area contributed by atoms with E-state index in [1.165, 1.54) is 12.1 Å². The van der Waals surface area contributed by atoms with Crippen molar-refractivity contribution in [2.24, 2.45) is 0 Å². The molecule has 0 spiro atoms. The van der Waals surface area contributed by atoms with E-state index >= 15 is 0 Å². The molecule has 1 heterocycles. The van der Waals surface area contributed by atoms with E-state index in [1.54, 1.807) is 6.92 Å². The summed E-state index contributed by atoms with van der Waals surface area (Å²) in [4.78, 5) is 0.572. The number of halogens is 1. The molecule has 0 radical (unpaired) electrons. The van der Waals surface area contributed by atoms with Crippen molar-refractivity contribution in [3.63, 3.8) is 0 Å². The molecule has 1 unspecified atom stereocenters. The molecule has 1 N–H and O–H groups in total. The van der Waals surface area contributed by atoms with Crippen molar-refractivity contribution in [3.8, 4) is 0 Å². The van der Waals surface area contributed by atoms with Gasteiger partial charge in [0.05, 0.1) is 24.5 Å². The Morgan fingerprint density at radius 3 is 2.33 bits per heavy atom. The molecule has 0 fully saturated rings.